The minimum absolute atomic E-state index is 0.566. The number of benzene rings is 7. The van der Waals surface area contributed by atoms with Crippen molar-refractivity contribution >= 4 is 28.5 Å². The molecule has 0 heterocycles. The fourth-order valence-corrected chi connectivity index (χ4v) is 11.4. The molecule has 0 nitrogen and oxygen atoms in total. The standard InChI is InChI=1S/C43H34P/c1-7-21-35(22-8-1)43(36-23-9-2-10-24-36,37-25-11-3-12-26-37)41-33-19-20-34-42(41)44(38-27-13-4-14-28-38,39-29-15-5-16-30-39)40-31-17-6-18-32-40/h1-34H/q+1. The molecule has 0 spiro atoms. The molecule has 0 N–H and O–H groups in total. The van der Waals surface area contributed by atoms with E-state index in [0.29, 0.717) is 0 Å². The number of hydrogen-bond acceptors (Lipinski definition) is 0. The van der Waals surface area contributed by atoms with E-state index in [-0.39, 0.29) is 0 Å². The summed E-state index contributed by atoms with van der Waals surface area (Å²) in [6, 6.07) is 75.9. The maximum absolute atomic E-state index is 2.40. The molecule has 44 heavy (non-hydrogen) atoms. The Bertz CT molecular complexity index is 1580. The molecule has 0 aliphatic carbocycles. The molecule has 0 radical (unpaired) electrons. The first kappa shape index (κ1) is 27.8. The van der Waals surface area contributed by atoms with Crippen molar-refractivity contribution in [3.63, 3.8) is 0 Å². The molecular formula is C43H34P+. The second-order valence-electron chi connectivity index (χ2n) is 11.0. The van der Waals surface area contributed by atoms with Crippen LogP contribution in [-0.4, -0.2) is 0 Å². The van der Waals surface area contributed by atoms with Crippen LogP contribution < -0.4 is 21.2 Å². The molecule has 0 saturated carbocycles. The summed E-state index contributed by atoms with van der Waals surface area (Å²) in [6.45, 7) is 0. The lowest BCUT2D eigenvalue weighted by Crippen LogP contribution is -2.44. The highest BCUT2D eigenvalue weighted by atomic mass is 31.2. The highest BCUT2D eigenvalue weighted by Crippen LogP contribution is 2.57. The third-order valence-corrected chi connectivity index (χ3v) is 13.1. The average molecular weight is 582 g/mol. The minimum atomic E-state index is -2.40. The highest BCUT2D eigenvalue weighted by Gasteiger charge is 2.53. The summed E-state index contributed by atoms with van der Waals surface area (Å²) < 4.78 is 0. The molecule has 7 aromatic rings. The van der Waals surface area contributed by atoms with E-state index in [0.717, 1.165) is 0 Å². The van der Waals surface area contributed by atoms with Gasteiger partial charge in [-0.3, -0.25) is 0 Å². The molecule has 0 atom stereocenters. The van der Waals surface area contributed by atoms with Gasteiger partial charge >= 0.3 is 0 Å². The van der Waals surface area contributed by atoms with Crippen molar-refractivity contribution in [1.82, 2.24) is 0 Å². The first-order valence-corrected chi connectivity index (χ1v) is 17.0. The van der Waals surface area contributed by atoms with Crippen LogP contribution in [0.3, 0.4) is 0 Å². The van der Waals surface area contributed by atoms with Gasteiger partial charge in [0.25, 0.3) is 0 Å². The van der Waals surface area contributed by atoms with Gasteiger partial charge in [-0.2, -0.15) is 0 Å². The second kappa shape index (κ2) is 12.3. The number of hydrogen-bond donors (Lipinski definition) is 0. The van der Waals surface area contributed by atoms with E-state index in [2.05, 4.69) is 206 Å². The third-order valence-electron chi connectivity index (χ3n) is 8.72. The average Bonchev–Trinajstić information content (AvgIpc) is 3.12. The van der Waals surface area contributed by atoms with E-state index in [1.54, 1.807) is 0 Å². The van der Waals surface area contributed by atoms with Crippen molar-refractivity contribution in [1.29, 1.82) is 0 Å². The fraction of sp³-hybridized carbons (Fsp3) is 0.0233. The van der Waals surface area contributed by atoms with E-state index >= 15 is 0 Å². The first-order valence-electron chi connectivity index (χ1n) is 15.2. The van der Waals surface area contributed by atoms with Gasteiger partial charge in [-0.05, 0) is 59.2 Å². The third kappa shape index (κ3) is 4.60. The Kier molecular flexibility index (Phi) is 7.76. The Hall–Kier alpha value is -5.03. The molecule has 7 rings (SSSR count). The minimum Gasteiger partial charge on any atom is -0.0622 e. The van der Waals surface area contributed by atoms with Crippen molar-refractivity contribution in [2.45, 2.75) is 5.41 Å². The smallest absolute Gasteiger partial charge is 0.0622 e. The quantitative estimate of drug-likeness (QED) is 0.124. The van der Waals surface area contributed by atoms with E-state index in [1.165, 1.54) is 43.5 Å². The van der Waals surface area contributed by atoms with Crippen LogP contribution in [-0.2, 0) is 5.41 Å². The molecule has 0 aliphatic rings. The zero-order chi connectivity index (χ0) is 29.7. The summed E-state index contributed by atoms with van der Waals surface area (Å²) in [7, 11) is -2.40. The molecule has 7 aromatic carbocycles. The topological polar surface area (TPSA) is 0 Å². The molecule has 0 unspecified atom stereocenters. The summed E-state index contributed by atoms with van der Waals surface area (Å²) >= 11 is 0. The Balaban J connectivity index is 1.71. The summed E-state index contributed by atoms with van der Waals surface area (Å²) in [5.74, 6) is 0. The summed E-state index contributed by atoms with van der Waals surface area (Å²) in [5, 5.41) is 5.38. The van der Waals surface area contributed by atoms with E-state index in [4.69, 9.17) is 0 Å². The van der Waals surface area contributed by atoms with E-state index < -0.39 is 12.7 Å². The molecule has 0 amide bonds. The van der Waals surface area contributed by atoms with Gasteiger partial charge in [0.05, 0.1) is 5.41 Å². The predicted molar refractivity (Wildman–Crippen MR) is 190 cm³/mol. The van der Waals surface area contributed by atoms with Crippen LogP contribution in [0.1, 0.15) is 22.3 Å². The van der Waals surface area contributed by atoms with Crippen LogP contribution in [0.15, 0.2) is 206 Å². The summed E-state index contributed by atoms with van der Waals surface area (Å²) in [6.07, 6.45) is 0. The van der Waals surface area contributed by atoms with Crippen molar-refractivity contribution in [2.24, 2.45) is 0 Å². The lowest BCUT2D eigenvalue weighted by atomic mass is 9.65. The van der Waals surface area contributed by atoms with Gasteiger partial charge in [-0.1, -0.05) is 164 Å². The Labute approximate surface area is 261 Å². The van der Waals surface area contributed by atoms with Crippen LogP contribution >= 0.6 is 7.26 Å². The molecule has 0 fully saturated rings. The van der Waals surface area contributed by atoms with Gasteiger partial charge in [0.15, 0.2) is 0 Å². The van der Waals surface area contributed by atoms with Crippen LogP contribution in [0.5, 0.6) is 0 Å². The lowest BCUT2D eigenvalue weighted by molar-refractivity contribution is 0.750. The zero-order valence-corrected chi connectivity index (χ0v) is 25.5. The molecule has 0 aliphatic heterocycles. The van der Waals surface area contributed by atoms with Gasteiger partial charge in [0, 0.05) is 5.56 Å². The second-order valence-corrected chi connectivity index (χ2v) is 14.4. The fourth-order valence-electron chi connectivity index (χ4n) is 6.93. The molecule has 0 aromatic heterocycles. The molecule has 210 valence electrons. The zero-order valence-electron chi connectivity index (χ0n) is 24.6. The first-order chi connectivity index (χ1) is 21.9. The SMILES string of the molecule is c1ccc(C(c2ccccc2)(c2ccccc2)c2ccccc2[P+](c2ccccc2)(c2ccccc2)c2ccccc2)cc1. The molecule has 1 heteroatoms. The highest BCUT2D eigenvalue weighted by molar-refractivity contribution is 8.01. The normalized spacial score (nSPS) is 11.6. The van der Waals surface area contributed by atoms with Crippen LogP contribution in [0.2, 0.25) is 0 Å². The molecular weight excluding hydrogens is 547 g/mol. The Morgan fingerprint density at radius 1 is 0.273 bits per heavy atom. The van der Waals surface area contributed by atoms with Gasteiger partial charge in [-0.25, -0.2) is 0 Å². The van der Waals surface area contributed by atoms with Crippen molar-refractivity contribution in [2.75, 3.05) is 0 Å². The van der Waals surface area contributed by atoms with Crippen LogP contribution in [0, 0.1) is 0 Å². The molecule has 0 saturated heterocycles. The van der Waals surface area contributed by atoms with Gasteiger partial charge < -0.3 is 0 Å². The van der Waals surface area contributed by atoms with Crippen molar-refractivity contribution in [3.8, 4) is 0 Å². The van der Waals surface area contributed by atoms with Gasteiger partial charge in [0.2, 0.25) is 0 Å². The van der Waals surface area contributed by atoms with Crippen molar-refractivity contribution < 1.29 is 0 Å². The largest absolute Gasteiger partial charge is 0.144 e. The van der Waals surface area contributed by atoms with Gasteiger partial charge in [-0.15, -0.1) is 0 Å². The van der Waals surface area contributed by atoms with Crippen LogP contribution in [0.25, 0.3) is 0 Å². The van der Waals surface area contributed by atoms with E-state index in [1.807, 2.05) is 0 Å². The maximum Gasteiger partial charge on any atom is 0.144 e. The Morgan fingerprint density at radius 2 is 0.545 bits per heavy atom. The van der Waals surface area contributed by atoms with Crippen LogP contribution in [0.4, 0.5) is 0 Å². The van der Waals surface area contributed by atoms with E-state index in [9.17, 15) is 0 Å². The number of rotatable bonds is 8. The monoisotopic (exact) mass is 581 g/mol. The van der Waals surface area contributed by atoms with Gasteiger partial charge in [0.1, 0.15) is 28.5 Å². The Morgan fingerprint density at radius 3 is 0.886 bits per heavy atom. The molecule has 0 bridgehead atoms. The summed E-state index contributed by atoms with van der Waals surface area (Å²) in [5.41, 5.74) is 4.48. The predicted octanol–water partition coefficient (Wildman–Crippen LogP) is 8.69. The maximum atomic E-state index is 2.40. The lowest BCUT2D eigenvalue weighted by Gasteiger charge is -2.40. The summed E-state index contributed by atoms with van der Waals surface area (Å²) in [4.78, 5) is 0. The van der Waals surface area contributed by atoms with Crippen molar-refractivity contribution in [3.05, 3.63) is 229 Å².